The number of nitrogens with zero attached hydrogens (tertiary/aromatic N) is 2. The second-order valence-electron chi connectivity index (χ2n) is 2.35. The lowest BCUT2D eigenvalue weighted by atomic mass is 10.2. The third-order valence-corrected chi connectivity index (χ3v) is 1.43. The van der Waals surface area contributed by atoms with Gasteiger partial charge in [-0.25, -0.2) is 9.97 Å². The van der Waals surface area contributed by atoms with Gasteiger partial charge in [-0.2, -0.15) is 0 Å². The molecule has 0 aliphatic rings. The van der Waals surface area contributed by atoms with Crippen LogP contribution in [0.2, 0.25) is 0 Å². The van der Waals surface area contributed by atoms with E-state index in [9.17, 15) is 0 Å². The maximum atomic E-state index is 3.93. The van der Waals surface area contributed by atoms with Crippen LogP contribution in [0.1, 0.15) is 25.3 Å². The summed E-state index contributed by atoms with van der Waals surface area (Å²) in [4.78, 5) is 7.85. The highest BCUT2D eigenvalue weighted by Crippen LogP contribution is 1.99. The predicted octanol–water partition coefficient (Wildman–Crippen LogP) is 1.82. The van der Waals surface area contributed by atoms with E-state index in [1.54, 1.807) is 6.33 Å². The average Bonchev–Trinajstić information content (AvgIpc) is 2.03. The minimum absolute atomic E-state index is 1.11. The van der Waals surface area contributed by atoms with Gasteiger partial charge in [0.25, 0.3) is 0 Å². The van der Waals surface area contributed by atoms with Crippen LogP contribution in [0.15, 0.2) is 18.7 Å². The van der Waals surface area contributed by atoms with Crippen molar-refractivity contribution in [2.75, 3.05) is 0 Å². The van der Waals surface area contributed by atoms with Crippen molar-refractivity contribution < 1.29 is 0 Å². The summed E-state index contributed by atoms with van der Waals surface area (Å²) >= 11 is 0. The van der Waals surface area contributed by atoms with E-state index in [2.05, 4.69) is 16.9 Å². The molecule has 0 spiro atoms. The van der Waals surface area contributed by atoms with Crippen molar-refractivity contribution in [2.24, 2.45) is 0 Å². The Balaban J connectivity index is 2.43. The van der Waals surface area contributed by atoms with E-state index in [0.29, 0.717) is 0 Å². The first-order valence-electron chi connectivity index (χ1n) is 3.67. The summed E-state index contributed by atoms with van der Waals surface area (Å²) in [6, 6.07) is 0. The van der Waals surface area contributed by atoms with E-state index in [1.807, 2.05) is 12.4 Å². The first-order valence-corrected chi connectivity index (χ1v) is 3.67. The van der Waals surface area contributed by atoms with Crippen molar-refractivity contribution in [2.45, 2.75) is 26.2 Å². The number of unbranched alkanes of at least 4 members (excludes halogenated alkanes) is 1. The van der Waals surface area contributed by atoms with Crippen molar-refractivity contribution >= 4 is 0 Å². The second-order valence-corrected chi connectivity index (χ2v) is 2.35. The molecule has 0 atom stereocenters. The van der Waals surface area contributed by atoms with E-state index < -0.39 is 0 Å². The summed E-state index contributed by atoms with van der Waals surface area (Å²) < 4.78 is 0. The number of hydrogen-bond donors (Lipinski definition) is 0. The molecule has 0 bridgehead atoms. The average molecular weight is 136 g/mol. The van der Waals surface area contributed by atoms with Gasteiger partial charge in [-0.1, -0.05) is 13.3 Å². The van der Waals surface area contributed by atoms with E-state index in [4.69, 9.17) is 0 Å². The molecule has 0 saturated carbocycles. The van der Waals surface area contributed by atoms with Crippen LogP contribution in [0.5, 0.6) is 0 Å². The zero-order valence-electron chi connectivity index (χ0n) is 6.25. The molecule has 0 N–H and O–H groups in total. The molecule has 10 heavy (non-hydrogen) atoms. The molecule has 2 heteroatoms. The van der Waals surface area contributed by atoms with Crippen LogP contribution in [0, 0.1) is 0 Å². The van der Waals surface area contributed by atoms with Crippen LogP contribution >= 0.6 is 0 Å². The number of hydrogen-bond acceptors (Lipinski definition) is 2. The van der Waals surface area contributed by atoms with Crippen LogP contribution in [0.4, 0.5) is 0 Å². The lowest BCUT2D eigenvalue weighted by Gasteiger charge is -1.94. The van der Waals surface area contributed by atoms with Gasteiger partial charge in [-0.05, 0) is 18.4 Å². The fraction of sp³-hybridized carbons (Fsp3) is 0.500. The molecule has 0 unspecified atom stereocenters. The highest BCUT2D eigenvalue weighted by Gasteiger charge is 1.89. The number of rotatable bonds is 3. The fourth-order valence-corrected chi connectivity index (χ4v) is 0.840. The molecular weight excluding hydrogens is 124 g/mol. The quantitative estimate of drug-likeness (QED) is 0.633. The van der Waals surface area contributed by atoms with Crippen molar-refractivity contribution in [3.8, 4) is 0 Å². The molecule has 1 aromatic heterocycles. The zero-order chi connectivity index (χ0) is 7.23. The minimum Gasteiger partial charge on any atom is -0.245 e. The molecule has 2 nitrogen and oxygen atoms in total. The largest absolute Gasteiger partial charge is 0.245 e. The minimum atomic E-state index is 1.11. The molecule has 0 aromatic carbocycles. The van der Waals surface area contributed by atoms with Gasteiger partial charge >= 0.3 is 0 Å². The predicted molar refractivity (Wildman–Crippen MR) is 40.6 cm³/mol. The molecule has 1 rings (SSSR count). The normalized spacial score (nSPS) is 9.70. The van der Waals surface area contributed by atoms with E-state index in [-0.39, 0.29) is 0 Å². The van der Waals surface area contributed by atoms with Gasteiger partial charge < -0.3 is 0 Å². The maximum Gasteiger partial charge on any atom is 0.115 e. The standard InChI is InChI=1S/C8H12N2/c1-2-3-4-8-5-9-7-10-6-8/h5-7H,2-4H2,1H3. The van der Waals surface area contributed by atoms with Crippen molar-refractivity contribution in [3.63, 3.8) is 0 Å². The monoisotopic (exact) mass is 136 g/mol. The molecular formula is C8H12N2. The summed E-state index contributed by atoms with van der Waals surface area (Å²) in [7, 11) is 0. The number of aromatic nitrogens is 2. The lowest BCUT2D eigenvalue weighted by Crippen LogP contribution is -1.86. The Bertz CT molecular complexity index is 172. The highest BCUT2D eigenvalue weighted by atomic mass is 14.8. The molecule has 0 fully saturated rings. The van der Waals surface area contributed by atoms with Gasteiger partial charge in [0, 0.05) is 12.4 Å². The molecule has 0 saturated heterocycles. The van der Waals surface area contributed by atoms with Crippen LogP contribution < -0.4 is 0 Å². The Morgan fingerprint density at radius 1 is 1.30 bits per heavy atom. The summed E-state index contributed by atoms with van der Waals surface area (Å²) in [6.07, 6.45) is 8.89. The van der Waals surface area contributed by atoms with Crippen LogP contribution in [0.3, 0.4) is 0 Å². The Morgan fingerprint density at radius 3 is 2.60 bits per heavy atom. The zero-order valence-corrected chi connectivity index (χ0v) is 6.25. The van der Waals surface area contributed by atoms with Gasteiger partial charge in [-0.15, -0.1) is 0 Å². The smallest absolute Gasteiger partial charge is 0.115 e. The Kier molecular flexibility index (Phi) is 2.87. The molecule has 54 valence electrons. The summed E-state index contributed by atoms with van der Waals surface area (Å²) in [5.41, 5.74) is 1.24. The Morgan fingerprint density at radius 2 is 2.00 bits per heavy atom. The summed E-state index contributed by atoms with van der Waals surface area (Å²) in [5.74, 6) is 0. The van der Waals surface area contributed by atoms with Crippen molar-refractivity contribution in [3.05, 3.63) is 24.3 Å². The molecule has 1 aromatic rings. The second kappa shape index (κ2) is 3.99. The topological polar surface area (TPSA) is 25.8 Å². The first kappa shape index (κ1) is 7.19. The summed E-state index contributed by atoms with van der Waals surface area (Å²) in [6.45, 7) is 2.18. The van der Waals surface area contributed by atoms with Crippen LogP contribution in [-0.4, -0.2) is 9.97 Å². The molecule has 0 aliphatic carbocycles. The van der Waals surface area contributed by atoms with Crippen LogP contribution in [0.25, 0.3) is 0 Å². The maximum absolute atomic E-state index is 3.93. The molecule has 0 amide bonds. The van der Waals surface area contributed by atoms with E-state index >= 15 is 0 Å². The number of aryl methyl sites for hydroxylation is 1. The molecule has 0 aliphatic heterocycles. The third-order valence-electron chi connectivity index (χ3n) is 1.43. The molecule has 1 heterocycles. The Labute approximate surface area is 61.3 Å². The summed E-state index contributed by atoms with van der Waals surface area (Å²) in [5, 5.41) is 0. The highest BCUT2D eigenvalue weighted by molar-refractivity contribution is 5.01. The first-order chi connectivity index (χ1) is 4.93. The van der Waals surface area contributed by atoms with Crippen molar-refractivity contribution in [1.29, 1.82) is 0 Å². The van der Waals surface area contributed by atoms with Crippen molar-refractivity contribution in [1.82, 2.24) is 9.97 Å². The Hall–Kier alpha value is -0.920. The van der Waals surface area contributed by atoms with E-state index in [1.165, 1.54) is 18.4 Å². The van der Waals surface area contributed by atoms with Gasteiger partial charge in [0.2, 0.25) is 0 Å². The van der Waals surface area contributed by atoms with Gasteiger partial charge in [0.15, 0.2) is 0 Å². The SMILES string of the molecule is CCCCc1cncnc1. The van der Waals surface area contributed by atoms with Gasteiger partial charge in [0.05, 0.1) is 0 Å². The third kappa shape index (κ3) is 2.13. The lowest BCUT2D eigenvalue weighted by molar-refractivity contribution is 0.787. The van der Waals surface area contributed by atoms with Gasteiger partial charge in [-0.3, -0.25) is 0 Å². The van der Waals surface area contributed by atoms with E-state index in [0.717, 1.165) is 6.42 Å². The van der Waals surface area contributed by atoms with Crippen LogP contribution in [-0.2, 0) is 6.42 Å². The fourth-order valence-electron chi connectivity index (χ4n) is 0.840. The molecule has 0 radical (unpaired) electrons. The van der Waals surface area contributed by atoms with Gasteiger partial charge in [0.1, 0.15) is 6.33 Å².